The average molecular weight is 388 g/mol. The molecule has 0 unspecified atom stereocenters. The molecule has 3 rings (SSSR count). The number of thioether (sulfide) groups is 1. The van der Waals surface area contributed by atoms with Crippen LogP contribution in [0.2, 0.25) is 5.02 Å². The lowest BCUT2D eigenvalue weighted by Crippen LogP contribution is -2.15. The van der Waals surface area contributed by atoms with Gasteiger partial charge < -0.3 is 0 Å². The first kappa shape index (κ1) is 17.7. The number of nitrogens with one attached hydrogen (secondary N) is 1. The second-order valence-electron chi connectivity index (χ2n) is 5.28. The van der Waals surface area contributed by atoms with Crippen molar-refractivity contribution in [3.8, 4) is 6.07 Å². The summed E-state index contributed by atoms with van der Waals surface area (Å²) in [4.78, 5) is 13.4. The zero-order chi connectivity index (χ0) is 17.8. The van der Waals surface area contributed by atoms with E-state index in [4.69, 9.17) is 11.6 Å². The largest absolute Gasteiger partial charge is 0.285 e. The number of rotatable bonds is 5. The third kappa shape index (κ3) is 3.79. The van der Waals surface area contributed by atoms with Crippen molar-refractivity contribution in [3.05, 3.63) is 51.4 Å². The van der Waals surface area contributed by atoms with Crippen LogP contribution in [0.1, 0.15) is 27.2 Å². The number of anilines is 1. The number of nitriles is 1. The maximum absolute atomic E-state index is 12.8. The first-order chi connectivity index (χ1) is 12.1. The van der Waals surface area contributed by atoms with E-state index < -0.39 is 0 Å². The number of benzene rings is 1. The third-order valence-electron chi connectivity index (χ3n) is 3.71. The van der Waals surface area contributed by atoms with Crippen molar-refractivity contribution in [3.63, 3.8) is 0 Å². The molecule has 1 aromatic heterocycles. The van der Waals surface area contributed by atoms with Crippen LogP contribution in [0.5, 0.6) is 0 Å². The van der Waals surface area contributed by atoms with Crippen LogP contribution in [0.25, 0.3) is 6.08 Å². The van der Waals surface area contributed by atoms with E-state index in [0.29, 0.717) is 15.6 Å². The van der Waals surface area contributed by atoms with E-state index in [0.717, 1.165) is 28.2 Å². The van der Waals surface area contributed by atoms with Crippen LogP contribution >= 0.6 is 34.7 Å². The first-order valence-electron chi connectivity index (χ1n) is 7.54. The summed E-state index contributed by atoms with van der Waals surface area (Å²) in [7, 11) is 0. The molecule has 1 aliphatic rings. The van der Waals surface area contributed by atoms with Gasteiger partial charge >= 0.3 is 0 Å². The third-order valence-corrected chi connectivity index (χ3v) is 6.35. The predicted molar refractivity (Wildman–Crippen MR) is 106 cm³/mol. The van der Waals surface area contributed by atoms with Crippen LogP contribution in [-0.2, 0) is 6.42 Å². The minimum absolute atomic E-state index is 0.152. The normalized spacial score (nSPS) is 13.2. The Morgan fingerprint density at radius 1 is 1.40 bits per heavy atom. The summed E-state index contributed by atoms with van der Waals surface area (Å²) in [6.07, 6.45) is 7.88. The minimum atomic E-state index is -0.333. The second-order valence-corrected chi connectivity index (χ2v) is 7.81. The molecule has 0 bridgehead atoms. The monoisotopic (exact) mass is 387 g/mol. The van der Waals surface area contributed by atoms with Crippen molar-refractivity contribution >= 4 is 58.0 Å². The number of hydrazone groups is 1. The Morgan fingerprint density at radius 2 is 2.16 bits per heavy atom. The van der Waals surface area contributed by atoms with Crippen molar-refractivity contribution in [2.24, 2.45) is 5.10 Å². The lowest BCUT2D eigenvalue weighted by Gasteiger charge is -2.07. The van der Waals surface area contributed by atoms with Crippen molar-refractivity contribution < 1.29 is 4.79 Å². The van der Waals surface area contributed by atoms with Crippen LogP contribution in [-0.4, -0.2) is 17.8 Å². The molecule has 0 fully saturated rings. The molecule has 4 nitrogen and oxygen atoms in total. The first-order valence-corrected chi connectivity index (χ1v) is 9.96. The highest BCUT2D eigenvalue weighted by molar-refractivity contribution is 8.00. The molecule has 25 heavy (non-hydrogen) atoms. The van der Waals surface area contributed by atoms with Gasteiger partial charge in [0.05, 0.1) is 14.8 Å². The van der Waals surface area contributed by atoms with E-state index in [2.05, 4.69) is 22.7 Å². The highest BCUT2D eigenvalue weighted by atomic mass is 35.5. The summed E-state index contributed by atoms with van der Waals surface area (Å²) in [5.74, 6) is -0.333. The number of hydrogen-bond acceptors (Lipinski definition) is 6. The number of fused-ring (bicyclic) bond motifs is 1. The average Bonchev–Trinajstić information content (AvgIpc) is 3.02. The minimum Gasteiger partial charge on any atom is -0.285 e. The van der Waals surface area contributed by atoms with Gasteiger partial charge in [0.1, 0.15) is 6.07 Å². The number of carbonyl (C=O) groups is 1. The van der Waals surface area contributed by atoms with E-state index in [1.54, 1.807) is 36.0 Å². The fourth-order valence-electron chi connectivity index (χ4n) is 2.51. The van der Waals surface area contributed by atoms with Crippen LogP contribution in [0.3, 0.4) is 0 Å². The van der Waals surface area contributed by atoms with Gasteiger partial charge in [-0.3, -0.25) is 10.2 Å². The molecule has 1 heterocycles. The molecule has 0 saturated heterocycles. The van der Waals surface area contributed by atoms with Crippen molar-refractivity contribution in [2.75, 3.05) is 11.7 Å². The van der Waals surface area contributed by atoms with E-state index in [-0.39, 0.29) is 11.5 Å². The molecule has 126 valence electrons. The molecule has 0 spiro atoms. The smallest absolute Gasteiger partial charge is 0.234 e. The molecule has 0 saturated carbocycles. The van der Waals surface area contributed by atoms with Crippen molar-refractivity contribution in [1.29, 1.82) is 5.26 Å². The molecule has 2 aromatic rings. The fraction of sp³-hybridized carbons (Fsp3) is 0.167. The van der Waals surface area contributed by atoms with Crippen LogP contribution in [0.4, 0.5) is 5.69 Å². The number of thiophene rings is 1. The zero-order valence-electron chi connectivity index (χ0n) is 13.4. The van der Waals surface area contributed by atoms with Gasteiger partial charge in [-0.1, -0.05) is 23.8 Å². The Labute approximate surface area is 159 Å². The van der Waals surface area contributed by atoms with E-state index in [1.807, 2.05) is 12.3 Å². The molecule has 0 radical (unpaired) electrons. The second kappa shape index (κ2) is 7.87. The summed E-state index contributed by atoms with van der Waals surface area (Å²) < 4.78 is 1.09. The molecule has 0 amide bonds. The van der Waals surface area contributed by atoms with Gasteiger partial charge in [0.15, 0.2) is 0 Å². The number of halogens is 1. The summed E-state index contributed by atoms with van der Waals surface area (Å²) >= 11 is 8.89. The van der Waals surface area contributed by atoms with Crippen molar-refractivity contribution in [2.45, 2.75) is 17.1 Å². The fourth-order valence-corrected chi connectivity index (χ4v) is 4.65. The lowest BCUT2D eigenvalue weighted by molar-refractivity contribution is 0.107. The highest BCUT2D eigenvalue weighted by Gasteiger charge is 2.25. The quantitative estimate of drug-likeness (QED) is 0.329. The molecular formula is C18H14ClN3OS2. The SMILES string of the molecule is CSc1sc(C(=O)/C(C#N)=N\Nc2ccc(Cl)cc2)c2c1C=CCC2. The maximum atomic E-state index is 12.8. The lowest BCUT2D eigenvalue weighted by atomic mass is 9.98. The van der Waals surface area contributed by atoms with E-state index in [1.165, 1.54) is 11.3 Å². The van der Waals surface area contributed by atoms with Gasteiger partial charge in [-0.25, -0.2) is 0 Å². The number of Topliss-reactive ketones (excluding diaryl/α,β-unsaturated/α-hetero) is 1. The Hall–Kier alpha value is -2.07. The van der Waals surface area contributed by atoms with Crippen molar-refractivity contribution in [1.82, 2.24) is 0 Å². The van der Waals surface area contributed by atoms with Gasteiger partial charge in [0.25, 0.3) is 0 Å². The number of carbonyl (C=O) groups excluding carboxylic acids is 1. The number of allylic oxidation sites excluding steroid dienone is 1. The van der Waals surface area contributed by atoms with Gasteiger partial charge in [0, 0.05) is 10.6 Å². The molecule has 0 aliphatic heterocycles. The number of hydrogen-bond donors (Lipinski definition) is 1. The molecular weight excluding hydrogens is 374 g/mol. The number of ketones is 1. The highest BCUT2D eigenvalue weighted by Crippen LogP contribution is 2.39. The zero-order valence-corrected chi connectivity index (χ0v) is 15.8. The molecule has 7 heteroatoms. The van der Waals surface area contributed by atoms with Crippen LogP contribution < -0.4 is 5.43 Å². The predicted octanol–water partition coefficient (Wildman–Crippen LogP) is 5.26. The maximum Gasteiger partial charge on any atom is 0.234 e. The van der Waals surface area contributed by atoms with E-state index >= 15 is 0 Å². The van der Waals surface area contributed by atoms with E-state index in [9.17, 15) is 10.1 Å². The molecule has 1 N–H and O–H groups in total. The standard InChI is InChI=1S/C18H14ClN3OS2/c1-24-18-14-5-3-2-4-13(14)17(25-18)16(23)15(10-20)22-21-12-8-6-11(19)7-9-12/h3,5-9,21H,2,4H2,1H3/b22-15-. The van der Waals surface area contributed by atoms with Gasteiger partial charge in [-0.2, -0.15) is 10.4 Å². The Morgan fingerprint density at radius 3 is 2.84 bits per heavy atom. The molecule has 1 aromatic carbocycles. The summed E-state index contributed by atoms with van der Waals surface area (Å²) in [6, 6.07) is 8.79. The Bertz CT molecular complexity index is 908. The topological polar surface area (TPSA) is 65.2 Å². The van der Waals surface area contributed by atoms with Gasteiger partial charge in [0.2, 0.25) is 11.5 Å². The summed E-state index contributed by atoms with van der Waals surface area (Å²) in [5, 5.41) is 14.0. The number of nitrogens with zero attached hydrogens (tertiary/aromatic N) is 2. The molecule has 1 aliphatic carbocycles. The van der Waals surface area contributed by atoms with Crippen LogP contribution in [0, 0.1) is 11.3 Å². The molecule has 0 atom stereocenters. The summed E-state index contributed by atoms with van der Waals surface area (Å²) in [5.41, 5.74) is 5.38. The van der Waals surface area contributed by atoms with Gasteiger partial charge in [-0.15, -0.1) is 23.1 Å². The van der Waals surface area contributed by atoms with Crippen LogP contribution in [0.15, 0.2) is 39.7 Å². The Balaban J connectivity index is 1.89. The summed E-state index contributed by atoms with van der Waals surface area (Å²) in [6.45, 7) is 0. The Kier molecular flexibility index (Phi) is 5.59. The van der Waals surface area contributed by atoms with Gasteiger partial charge in [-0.05, 0) is 48.9 Å².